The third-order valence-electron chi connectivity index (χ3n) is 4.38. The molecule has 3 heterocycles. The fourth-order valence-electron chi connectivity index (χ4n) is 2.85. The van der Waals surface area contributed by atoms with Gasteiger partial charge in [0.1, 0.15) is 5.82 Å². The molecule has 6 nitrogen and oxygen atoms in total. The first-order valence-electron chi connectivity index (χ1n) is 7.81. The van der Waals surface area contributed by atoms with Crippen LogP contribution in [0.4, 0.5) is 5.82 Å². The van der Waals surface area contributed by atoms with Crippen molar-refractivity contribution in [2.75, 3.05) is 24.6 Å². The van der Waals surface area contributed by atoms with Crippen molar-refractivity contribution in [2.24, 2.45) is 5.92 Å². The summed E-state index contributed by atoms with van der Waals surface area (Å²) < 4.78 is 7.76. The Morgan fingerprint density at radius 2 is 2.10 bits per heavy atom. The molecule has 1 saturated heterocycles. The Morgan fingerprint density at radius 3 is 2.86 bits per heavy atom. The Balaban J connectivity index is 1.64. The van der Waals surface area contributed by atoms with Crippen LogP contribution in [0, 0.1) is 5.92 Å². The van der Waals surface area contributed by atoms with Crippen molar-refractivity contribution in [3.63, 3.8) is 0 Å². The van der Waals surface area contributed by atoms with E-state index in [-0.39, 0.29) is 6.10 Å². The molecule has 0 aromatic carbocycles. The lowest BCUT2D eigenvalue weighted by Crippen LogP contribution is -2.45. The van der Waals surface area contributed by atoms with Gasteiger partial charge in [0.15, 0.2) is 11.5 Å². The van der Waals surface area contributed by atoms with Crippen LogP contribution in [-0.2, 0) is 4.74 Å². The van der Waals surface area contributed by atoms with Crippen LogP contribution in [0.25, 0.3) is 5.65 Å². The molecule has 0 radical (unpaired) electrons. The standard InChI is InChI=1S/C15H21N5O/c1-10(2)12-9-19(7-8-21-12)14-6-5-13-16-17-15(11-3-4-11)20(13)18-14/h5-6,10-12H,3-4,7-9H2,1-2H3/t12-/m1/s1. The molecule has 112 valence electrons. The quantitative estimate of drug-likeness (QED) is 0.862. The molecular formula is C15H21N5O. The summed E-state index contributed by atoms with van der Waals surface area (Å²) in [6.07, 6.45) is 2.69. The van der Waals surface area contributed by atoms with E-state index in [9.17, 15) is 0 Å². The summed E-state index contributed by atoms with van der Waals surface area (Å²) in [6, 6.07) is 4.06. The smallest absolute Gasteiger partial charge is 0.178 e. The van der Waals surface area contributed by atoms with Gasteiger partial charge in [-0.2, -0.15) is 4.52 Å². The zero-order chi connectivity index (χ0) is 14.4. The predicted octanol–water partition coefficient (Wildman–Crippen LogP) is 1.86. The zero-order valence-corrected chi connectivity index (χ0v) is 12.6. The predicted molar refractivity (Wildman–Crippen MR) is 79.5 cm³/mol. The van der Waals surface area contributed by atoms with E-state index in [1.165, 1.54) is 12.8 Å². The summed E-state index contributed by atoms with van der Waals surface area (Å²) >= 11 is 0. The van der Waals surface area contributed by atoms with Crippen LogP contribution in [0.2, 0.25) is 0 Å². The van der Waals surface area contributed by atoms with Crippen molar-refractivity contribution < 1.29 is 4.74 Å². The van der Waals surface area contributed by atoms with Gasteiger partial charge >= 0.3 is 0 Å². The van der Waals surface area contributed by atoms with Gasteiger partial charge in [-0.1, -0.05) is 13.8 Å². The van der Waals surface area contributed by atoms with Gasteiger partial charge < -0.3 is 9.64 Å². The first-order chi connectivity index (χ1) is 10.2. The van der Waals surface area contributed by atoms with Crippen LogP contribution >= 0.6 is 0 Å². The van der Waals surface area contributed by atoms with Crippen LogP contribution in [-0.4, -0.2) is 45.6 Å². The van der Waals surface area contributed by atoms with E-state index >= 15 is 0 Å². The van der Waals surface area contributed by atoms with Gasteiger partial charge in [0.2, 0.25) is 0 Å². The Morgan fingerprint density at radius 1 is 1.24 bits per heavy atom. The highest BCUT2D eigenvalue weighted by atomic mass is 16.5. The van der Waals surface area contributed by atoms with Crippen LogP contribution in [0.15, 0.2) is 12.1 Å². The summed E-state index contributed by atoms with van der Waals surface area (Å²) in [5, 5.41) is 13.3. The molecule has 0 bridgehead atoms. The molecule has 21 heavy (non-hydrogen) atoms. The molecule has 6 heteroatoms. The van der Waals surface area contributed by atoms with Crippen molar-refractivity contribution in [3.05, 3.63) is 18.0 Å². The Bertz CT molecular complexity index is 649. The fourth-order valence-corrected chi connectivity index (χ4v) is 2.85. The minimum atomic E-state index is 0.278. The van der Waals surface area contributed by atoms with Crippen molar-refractivity contribution in [2.45, 2.75) is 38.7 Å². The molecular weight excluding hydrogens is 266 g/mol. The maximum atomic E-state index is 5.83. The maximum Gasteiger partial charge on any atom is 0.178 e. The maximum absolute atomic E-state index is 5.83. The Kier molecular flexibility index (Phi) is 3.06. The van der Waals surface area contributed by atoms with Crippen LogP contribution in [0.3, 0.4) is 0 Å². The number of aromatic nitrogens is 4. The van der Waals surface area contributed by atoms with Crippen molar-refractivity contribution in [3.8, 4) is 0 Å². The zero-order valence-electron chi connectivity index (χ0n) is 12.6. The first-order valence-corrected chi connectivity index (χ1v) is 7.81. The second-order valence-electron chi connectivity index (χ2n) is 6.39. The summed E-state index contributed by atoms with van der Waals surface area (Å²) in [4.78, 5) is 2.31. The van der Waals surface area contributed by atoms with Crippen molar-refractivity contribution >= 4 is 11.5 Å². The van der Waals surface area contributed by atoms with Crippen molar-refractivity contribution in [1.82, 2.24) is 19.8 Å². The molecule has 4 rings (SSSR count). The highest BCUT2D eigenvalue weighted by molar-refractivity contribution is 5.46. The molecule has 1 saturated carbocycles. The van der Waals surface area contributed by atoms with Gasteiger partial charge in [0, 0.05) is 19.0 Å². The van der Waals surface area contributed by atoms with Gasteiger partial charge in [0.25, 0.3) is 0 Å². The van der Waals surface area contributed by atoms with E-state index in [0.717, 1.165) is 37.0 Å². The second kappa shape index (κ2) is 4.94. The largest absolute Gasteiger partial charge is 0.374 e. The second-order valence-corrected chi connectivity index (χ2v) is 6.39. The molecule has 0 N–H and O–H groups in total. The summed E-state index contributed by atoms with van der Waals surface area (Å²) in [5.74, 6) is 3.09. The van der Waals surface area contributed by atoms with Gasteiger partial charge in [-0.3, -0.25) is 0 Å². The molecule has 2 fully saturated rings. The highest BCUT2D eigenvalue weighted by Gasteiger charge is 2.30. The molecule has 0 amide bonds. The number of fused-ring (bicyclic) bond motifs is 1. The normalized spacial score (nSPS) is 23.2. The average molecular weight is 287 g/mol. The first kappa shape index (κ1) is 13.0. The van der Waals surface area contributed by atoms with E-state index < -0.39 is 0 Å². The molecule has 2 aliphatic rings. The number of hydrogen-bond donors (Lipinski definition) is 0. The average Bonchev–Trinajstić information content (AvgIpc) is 3.26. The number of anilines is 1. The highest BCUT2D eigenvalue weighted by Crippen LogP contribution is 2.38. The van der Waals surface area contributed by atoms with Crippen LogP contribution in [0.5, 0.6) is 0 Å². The number of ether oxygens (including phenoxy) is 1. The van der Waals surface area contributed by atoms with E-state index in [0.29, 0.717) is 11.8 Å². The number of rotatable bonds is 3. The molecule has 1 aliphatic heterocycles. The van der Waals surface area contributed by atoms with Crippen LogP contribution in [0.1, 0.15) is 38.4 Å². The molecule has 2 aromatic rings. The Labute approximate surface area is 124 Å². The Hall–Kier alpha value is -1.69. The molecule has 2 aromatic heterocycles. The SMILES string of the molecule is CC(C)[C@H]1CN(c2ccc3nnc(C4CC4)n3n2)CCO1. The lowest BCUT2D eigenvalue weighted by Gasteiger charge is -2.35. The summed E-state index contributed by atoms with van der Waals surface area (Å²) in [6.45, 7) is 6.96. The topological polar surface area (TPSA) is 55.6 Å². The molecule has 0 unspecified atom stereocenters. The van der Waals surface area contributed by atoms with Gasteiger partial charge in [0.05, 0.1) is 12.7 Å². The third kappa shape index (κ3) is 2.37. The van der Waals surface area contributed by atoms with E-state index in [4.69, 9.17) is 9.84 Å². The fraction of sp³-hybridized carbons (Fsp3) is 0.667. The number of nitrogens with zero attached hydrogens (tertiary/aromatic N) is 5. The molecule has 0 spiro atoms. The van der Waals surface area contributed by atoms with Crippen LogP contribution < -0.4 is 4.90 Å². The lowest BCUT2D eigenvalue weighted by molar-refractivity contribution is 0.0111. The van der Waals surface area contributed by atoms with Crippen molar-refractivity contribution in [1.29, 1.82) is 0 Å². The summed E-state index contributed by atoms with van der Waals surface area (Å²) in [7, 11) is 0. The van der Waals surface area contributed by atoms with E-state index in [2.05, 4.69) is 28.9 Å². The molecule has 1 aliphatic carbocycles. The number of hydrogen-bond acceptors (Lipinski definition) is 5. The van der Waals surface area contributed by atoms with Gasteiger partial charge in [-0.15, -0.1) is 15.3 Å². The van der Waals surface area contributed by atoms with E-state index in [1.54, 1.807) is 0 Å². The molecule has 1 atom stereocenters. The third-order valence-corrected chi connectivity index (χ3v) is 4.38. The van der Waals surface area contributed by atoms with E-state index in [1.807, 2.05) is 16.6 Å². The minimum Gasteiger partial charge on any atom is -0.374 e. The summed E-state index contributed by atoms with van der Waals surface area (Å²) in [5.41, 5.74) is 0.842. The monoisotopic (exact) mass is 287 g/mol. The lowest BCUT2D eigenvalue weighted by atomic mass is 10.1. The van der Waals surface area contributed by atoms with Gasteiger partial charge in [-0.25, -0.2) is 0 Å². The van der Waals surface area contributed by atoms with Gasteiger partial charge in [-0.05, 0) is 30.9 Å². The minimum absolute atomic E-state index is 0.278. The number of morpholine rings is 1.